The summed E-state index contributed by atoms with van der Waals surface area (Å²) >= 11 is 5.89. The van der Waals surface area contributed by atoms with Crippen LogP contribution in [0.25, 0.3) is 0 Å². The Morgan fingerprint density at radius 3 is 2.29 bits per heavy atom. The number of amides is 1. The standard InChI is InChI=1S/C15H20ClN3O.ClH/c16-14-3-1-12(2-4-14)11-18-5-7-19(8-6-18)15(20)13-9-17-10-13;/h1-4,13,17H,5-11H2;1H. The van der Waals surface area contributed by atoms with Crippen LogP contribution in [0.5, 0.6) is 0 Å². The van der Waals surface area contributed by atoms with Gasteiger partial charge in [-0.05, 0) is 17.7 Å². The van der Waals surface area contributed by atoms with Crippen molar-refractivity contribution in [2.45, 2.75) is 6.54 Å². The van der Waals surface area contributed by atoms with E-state index in [1.54, 1.807) is 0 Å². The van der Waals surface area contributed by atoms with Gasteiger partial charge in [0, 0.05) is 50.8 Å². The molecule has 0 saturated carbocycles. The molecule has 1 aromatic rings. The highest BCUT2D eigenvalue weighted by molar-refractivity contribution is 6.30. The zero-order valence-electron chi connectivity index (χ0n) is 11.9. The van der Waals surface area contributed by atoms with Crippen molar-refractivity contribution < 1.29 is 4.79 Å². The van der Waals surface area contributed by atoms with E-state index in [-0.39, 0.29) is 18.3 Å². The number of nitrogens with one attached hydrogen (secondary N) is 1. The maximum Gasteiger partial charge on any atom is 0.228 e. The van der Waals surface area contributed by atoms with E-state index < -0.39 is 0 Å². The molecule has 0 spiro atoms. The Morgan fingerprint density at radius 1 is 1.14 bits per heavy atom. The molecule has 21 heavy (non-hydrogen) atoms. The van der Waals surface area contributed by atoms with Crippen molar-refractivity contribution in [3.63, 3.8) is 0 Å². The van der Waals surface area contributed by atoms with Crippen LogP contribution in [0.4, 0.5) is 0 Å². The van der Waals surface area contributed by atoms with E-state index in [0.29, 0.717) is 5.91 Å². The van der Waals surface area contributed by atoms with Gasteiger partial charge in [0.25, 0.3) is 0 Å². The van der Waals surface area contributed by atoms with Crippen molar-refractivity contribution in [1.29, 1.82) is 0 Å². The molecule has 116 valence electrons. The van der Waals surface area contributed by atoms with Crippen molar-refractivity contribution in [2.75, 3.05) is 39.3 Å². The predicted octanol–water partition coefficient (Wildman–Crippen LogP) is 1.63. The number of carbonyl (C=O) groups excluding carboxylic acids is 1. The fourth-order valence-corrected chi connectivity index (χ4v) is 2.82. The third-order valence-corrected chi connectivity index (χ3v) is 4.39. The number of piperazine rings is 1. The van der Waals surface area contributed by atoms with Gasteiger partial charge < -0.3 is 10.2 Å². The molecule has 0 unspecified atom stereocenters. The van der Waals surface area contributed by atoms with Crippen LogP contribution in [0.2, 0.25) is 5.02 Å². The minimum Gasteiger partial charge on any atom is -0.340 e. The van der Waals surface area contributed by atoms with Crippen LogP contribution < -0.4 is 5.32 Å². The SMILES string of the molecule is Cl.O=C(C1CNC1)N1CCN(Cc2ccc(Cl)cc2)CC1. The lowest BCUT2D eigenvalue weighted by molar-refractivity contribution is -0.138. The van der Waals surface area contributed by atoms with Crippen LogP contribution in [-0.2, 0) is 11.3 Å². The van der Waals surface area contributed by atoms with E-state index in [4.69, 9.17) is 11.6 Å². The Balaban J connectivity index is 0.00000161. The molecular formula is C15H21Cl2N3O. The average Bonchev–Trinajstić information content (AvgIpc) is 2.40. The van der Waals surface area contributed by atoms with Gasteiger partial charge in [0.1, 0.15) is 0 Å². The van der Waals surface area contributed by atoms with Gasteiger partial charge in [-0.1, -0.05) is 23.7 Å². The molecule has 2 saturated heterocycles. The normalized spacial score (nSPS) is 19.8. The van der Waals surface area contributed by atoms with E-state index in [2.05, 4.69) is 22.3 Å². The van der Waals surface area contributed by atoms with Crippen LogP contribution in [0.1, 0.15) is 5.56 Å². The van der Waals surface area contributed by atoms with Gasteiger partial charge >= 0.3 is 0 Å². The topological polar surface area (TPSA) is 35.6 Å². The second kappa shape index (κ2) is 7.45. The Bertz CT molecular complexity index is 468. The van der Waals surface area contributed by atoms with Gasteiger partial charge in [-0.2, -0.15) is 0 Å². The molecule has 2 aliphatic heterocycles. The van der Waals surface area contributed by atoms with Crippen LogP contribution in [-0.4, -0.2) is 55.0 Å². The van der Waals surface area contributed by atoms with Crippen LogP contribution in [0, 0.1) is 5.92 Å². The van der Waals surface area contributed by atoms with Crippen molar-refractivity contribution in [3.05, 3.63) is 34.9 Å². The molecule has 4 nitrogen and oxygen atoms in total. The number of carbonyl (C=O) groups is 1. The molecule has 1 aromatic carbocycles. The Labute approximate surface area is 136 Å². The largest absolute Gasteiger partial charge is 0.340 e. The fraction of sp³-hybridized carbons (Fsp3) is 0.533. The van der Waals surface area contributed by atoms with Crippen molar-refractivity contribution in [3.8, 4) is 0 Å². The zero-order chi connectivity index (χ0) is 13.9. The Hall–Kier alpha value is -0.810. The minimum atomic E-state index is 0. The number of benzene rings is 1. The summed E-state index contributed by atoms with van der Waals surface area (Å²) in [6.07, 6.45) is 0. The molecule has 6 heteroatoms. The summed E-state index contributed by atoms with van der Waals surface area (Å²) in [6.45, 7) is 6.24. The summed E-state index contributed by atoms with van der Waals surface area (Å²) in [4.78, 5) is 16.5. The van der Waals surface area contributed by atoms with Crippen LogP contribution in [0.15, 0.2) is 24.3 Å². The molecule has 2 aliphatic rings. The lowest BCUT2D eigenvalue weighted by Crippen LogP contribution is -2.56. The average molecular weight is 330 g/mol. The van der Waals surface area contributed by atoms with E-state index in [1.807, 2.05) is 17.0 Å². The maximum absolute atomic E-state index is 12.1. The third-order valence-electron chi connectivity index (χ3n) is 4.13. The molecular weight excluding hydrogens is 309 g/mol. The molecule has 0 aromatic heterocycles. The maximum atomic E-state index is 12.1. The van der Waals surface area contributed by atoms with Gasteiger partial charge in [0.15, 0.2) is 0 Å². The molecule has 2 fully saturated rings. The molecule has 1 amide bonds. The summed E-state index contributed by atoms with van der Waals surface area (Å²) in [5.41, 5.74) is 1.28. The molecule has 0 atom stereocenters. The molecule has 2 heterocycles. The van der Waals surface area contributed by atoms with Gasteiger partial charge in [-0.25, -0.2) is 0 Å². The quantitative estimate of drug-likeness (QED) is 0.915. The highest BCUT2D eigenvalue weighted by Crippen LogP contribution is 2.14. The Morgan fingerprint density at radius 2 is 1.76 bits per heavy atom. The fourth-order valence-electron chi connectivity index (χ4n) is 2.70. The third kappa shape index (κ3) is 4.10. The summed E-state index contributed by atoms with van der Waals surface area (Å²) in [5, 5.41) is 3.93. The highest BCUT2D eigenvalue weighted by Gasteiger charge is 2.30. The van der Waals surface area contributed by atoms with E-state index >= 15 is 0 Å². The minimum absolute atomic E-state index is 0. The first-order valence-corrected chi connectivity index (χ1v) is 7.56. The molecule has 0 aliphatic carbocycles. The number of rotatable bonds is 3. The Kier molecular flexibility index (Phi) is 5.88. The first-order chi connectivity index (χ1) is 9.72. The number of halogens is 2. The first kappa shape index (κ1) is 16.6. The monoisotopic (exact) mass is 329 g/mol. The highest BCUT2D eigenvalue weighted by atomic mass is 35.5. The molecule has 3 rings (SSSR count). The van der Waals surface area contributed by atoms with E-state index in [0.717, 1.165) is 50.8 Å². The van der Waals surface area contributed by atoms with Crippen molar-refractivity contribution in [2.24, 2.45) is 5.92 Å². The molecule has 0 bridgehead atoms. The summed E-state index contributed by atoms with van der Waals surface area (Å²) < 4.78 is 0. The lowest BCUT2D eigenvalue weighted by atomic mass is 10.0. The number of hydrogen-bond donors (Lipinski definition) is 1. The summed E-state index contributed by atoms with van der Waals surface area (Å²) in [6, 6.07) is 8.00. The number of nitrogens with zero attached hydrogens (tertiary/aromatic N) is 2. The zero-order valence-corrected chi connectivity index (χ0v) is 13.5. The summed E-state index contributed by atoms with van der Waals surface area (Å²) in [7, 11) is 0. The van der Waals surface area contributed by atoms with E-state index in [1.165, 1.54) is 5.56 Å². The van der Waals surface area contributed by atoms with Crippen LogP contribution in [0.3, 0.4) is 0 Å². The summed E-state index contributed by atoms with van der Waals surface area (Å²) in [5.74, 6) is 0.549. The van der Waals surface area contributed by atoms with Gasteiger partial charge in [-0.3, -0.25) is 9.69 Å². The second-order valence-electron chi connectivity index (χ2n) is 5.58. The van der Waals surface area contributed by atoms with Gasteiger partial charge in [-0.15, -0.1) is 12.4 Å². The molecule has 0 radical (unpaired) electrons. The van der Waals surface area contributed by atoms with E-state index in [9.17, 15) is 4.79 Å². The van der Waals surface area contributed by atoms with Crippen molar-refractivity contribution >= 4 is 29.9 Å². The number of hydrogen-bond acceptors (Lipinski definition) is 3. The first-order valence-electron chi connectivity index (χ1n) is 7.19. The van der Waals surface area contributed by atoms with Crippen molar-refractivity contribution in [1.82, 2.24) is 15.1 Å². The molecule has 1 N–H and O–H groups in total. The second-order valence-corrected chi connectivity index (χ2v) is 6.02. The van der Waals surface area contributed by atoms with Gasteiger partial charge in [0.2, 0.25) is 5.91 Å². The van der Waals surface area contributed by atoms with Gasteiger partial charge in [0.05, 0.1) is 5.92 Å². The smallest absolute Gasteiger partial charge is 0.228 e. The lowest BCUT2D eigenvalue weighted by Gasteiger charge is -2.38. The predicted molar refractivity (Wildman–Crippen MR) is 86.9 cm³/mol. The van der Waals surface area contributed by atoms with Crippen LogP contribution >= 0.6 is 24.0 Å².